The van der Waals surface area contributed by atoms with E-state index in [9.17, 15) is 9.59 Å². The predicted octanol–water partition coefficient (Wildman–Crippen LogP) is 4.14. The quantitative estimate of drug-likeness (QED) is 0.541. The average molecular weight is 408 g/mol. The van der Waals surface area contributed by atoms with E-state index in [1.54, 1.807) is 11.0 Å². The van der Waals surface area contributed by atoms with Gasteiger partial charge in [-0.25, -0.2) is 4.98 Å². The number of H-pyrrole nitrogens is 1. The number of hydrogen-bond acceptors (Lipinski definition) is 4. The Hall–Kier alpha value is -3.15. The lowest BCUT2D eigenvalue weighted by Crippen LogP contribution is -2.31. The van der Waals surface area contributed by atoms with Gasteiger partial charge in [-0.1, -0.05) is 24.3 Å². The van der Waals surface area contributed by atoms with Crippen LogP contribution in [0.3, 0.4) is 0 Å². The van der Waals surface area contributed by atoms with Gasteiger partial charge in [0.25, 0.3) is 5.56 Å². The number of para-hydroxylation sites is 1. The van der Waals surface area contributed by atoms with Crippen LogP contribution in [0.1, 0.15) is 43.1 Å². The van der Waals surface area contributed by atoms with Gasteiger partial charge in [0, 0.05) is 13.0 Å². The van der Waals surface area contributed by atoms with Crippen LogP contribution in [-0.4, -0.2) is 33.9 Å². The summed E-state index contributed by atoms with van der Waals surface area (Å²) >= 11 is 0. The summed E-state index contributed by atoms with van der Waals surface area (Å²) in [6.45, 7) is 7.46. The van der Waals surface area contributed by atoms with Crippen molar-refractivity contribution in [3.05, 3.63) is 69.8 Å². The fraction of sp³-hybridized carbons (Fsp3) is 0.375. The number of carbonyl (C=O) groups excluding carboxylic acids is 1. The van der Waals surface area contributed by atoms with E-state index in [1.165, 1.54) is 5.56 Å². The van der Waals surface area contributed by atoms with Crippen molar-refractivity contribution in [3.63, 3.8) is 0 Å². The molecule has 6 nitrogen and oxygen atoms in total. The molecule has 0 radical (unpaired) electrons. The van der Waals surface area contributed by atoms with Crippen LogP contribution < -0.4 is 10.3 Å². The maximum Gasteiger partial charge on any atom is 0.258 e. The number of aryl methyl sites for hydroxylation is 2. The Morgan fingerprint density at radius 2 is 1.93 bits per heavy atom. The van der Waals surface area contributed by atoms with Crippen LogP contribution in [0.5, 0.6) is 5.75 Å². The third-order valence-electron chi connectivity index (χ3n) is 5.12. The summed E-state index contributed by atoms with van der Waals surface area (Å²) in [7, 11) is 0. The molecule has 0 aliphatic carbocycles. The number of carbonyl (C=O) groups is 1. The number of aromatic amines is 1. The highest BCUT2D eigenvalue weighted by Crippen LogP contribution is 2.19. The van der Waals surface area contributed by atoms with Gasteiger partial charge in [-0.3, -0.25) is 9.59 Å². The predicted molar refractivity (Wildman–Crippen MR) is 119 cm³/mol. The lowest BCUT2D eigenvalue weighted by molar-refractivity contribution is -0.131. The fourth-order valence-electron chi connectivity index (χ4n) is 3.35. The number of amides is 1. The topological polar surface area (TPSA) is 75.3 Å². The summed E-state index contributed by atoms with van der Waals surface area (Å²) in [5, 5.41) is 0.555. The van der Waals surface area contributed by atoms with E-state index in [2.05, 4.69) is 22.1 Å². The number of unbranched alkanes of at least 4 members (excludes halogenated alkanes) is 1. The summed E-state index contributed by atoms with van der Waals surface area (Å²) in [4.78, 5) is 33.9. The number of hydrogen-bond donors (Lipinski definition) is 1. The zero-order chi connectivity index (χ0) is 21.5. The molecule has 0 bridgehead atoms. The maximum atomic E-state index is 12.6. The standard InChI is InChI=1S/C24H29N3O3/c1-4-27(16-22-25-20-10-6-5-9-19(20)24(29)26-22)23(28)11-7-8-14-30-21-15-17(2)12-13-18(21)3/h5-6,9-10,12-13,15H,4,7-8,11,14,16H2,1-3H3,(H,25,26,29). The number of rotatable bonds is 9. The number of aromatic nitrogens is 2. The van der Waals surface area contributed by atoms with Gasteiger partial charge in [0.15, 0.2) is 0 Å². The van der Waals surface area contributed by atoms with Gasteiger partial charge in [0.05, 0.1) is 24.1 Å². The molecule has 3 rings (SSSR count). The first kappa shape index (κ1) is 21.6. The zero-order valence-corrected chi connectivity index (χ0v) is 17.9. The first-order valence-electron chi connectivity index (χ1n) is 10.4. The first-order valence-corrected chi connectivity index (χ1v) is 10.4. The lowest BCUT2D eigenvalue weighted by atomic mass is 10.1. The van der Waals surface area contributed by atoms with Crippen LogP contribution in [-0.2, 0) is 11.3 Å². The normalized spacial score (nSPS) is 10.9. The van der Waals surface area contributed by atoms with Crippen molar-refractivity contribution >= 4 is 16.8 Å². The van der Waals surface area contributed by atoms with E-state index in [-0.39, 0.29) is 11.5 Å². The molecule has 1 heterocycles. The molecule has 3 aromatic rings. The van der Waals surface area contributed by atoms with Crippen molar-refractivity contribution < 1.29 is 9.53 Å². The van der Waals surface area contributed by atoms with Crippen LogP contribution >= 0.6 is 0 Å². The molecule has 0 aliphatic heterocycles. The molecule has 0 atom stereocenters. The van der Waals surface area contributed by atoms with Crippen molar-refractivity contribution in [3.8, 4) is 5.75 Å². The minimum absolute atomic E-state index is 0.0556. The van der Waals surface area contributed by atoms with Gasteiger partial charge in [0.1, 0.15) is 11.6 Å². The first-order chi connectivity index (χ1) is 14.5. The van der Waals surface area contributed by atoms with E-state index >= 15 is 0 Å². The van der Waals surface area contributed by atoms with Gasteiger partial charge in [0.2, 0.25) is 5.91 Å². The molecular weight excluding hydrogens is 378 g/mol. The van der Waals surface area contributed by atoms with Gasteiger partial charge < -0.3 is 14.6 Å². The molecule has 1 N–H and O–H groups in total. The number of nitrogens with one attached hydrogen (secondary N) is 1. The van der Waals surface area contributed by atoms with E-state index in [0.29, 0.717) is 42.8 Å². The second-order valence-corrected chi connectivity index (χ2v) is 7.51. The number of fused-ring (bicyclic) bond motifs is 1. The largest absolute Gasteiger partial charge is 0.493 e. The third kappa shape index (κ3) is 5.47. The minimum atomic E-state index is -0.178. The molecule has 158 valence electrons. The Bertz CT molecular complexity index is 1070. The Balaban J connectivity index is 1.50. The molecule has 6 heteroatoms. The number of benzene rings is 2. The van der Waals surface area contributed by atoms with Crippen molar-refractivity contribution in [2.45, 2.75) is 46.6 Å². The molecule has 0 fully saturated rings. The Labute approximate surface area is 176 Å². The summed E-state index contributed by atoms with van der Waals surface area (Å²) in [6, 6.07) is 13.4. The van der Waals surface area contributed by atoms with E-state index in [4.69, 9.17) is 4.74 Å². The van der Waals surface area contributed by atoms with E-state index < -0.39 is 0 Å². The molecule has 0 saturated carbocycles. The SMILES string of the molecule is CCN(Cc1nc2ccccc2c(=O)[nH]1)C(=O)CCCCOc1cc(C)ccc1C. The van der Waals surface area contributed by atoms with Gasteiger partial charge in [-0.05, 0) is 62.9 Å². The van der Waals surface area contributed by atoms with E-state index in [0.717, 1.165) is 24.2 Å². The molecule has 1 aromatic heterocycles. The summed E-state index contributed by atoms with van der Waals surface area (Å²) in [5.41, 5.74) is 2.75. The lowest BCUT2D eigenvalue weighted by Gasteiger charge is -2.20. The van der Waals surface area contributed by atoms with Crippen LogP contribution in [0.2, 0.25) is 0 Å². The average Bonchev–Trinajstić information content (AvgIpc) is 2.74. The van der Waals surface area contributed by atoms with Crippen molar-refractivity contribution in [1.29, 1.82) is 0 Å². The molecule has 2 aromatic carbocycles. The van der Waals surface area contributed by atoms with Crippen LogP contribution in [0.25, 0.3) is 10.9 Å². The Morgan fingerprint density at radius 1 is 1.13 bits per heavy atom. The van der Waals surface area contributed by atoms with E-state index in [1.807, 2.05) is 45.0 Å². The molecule has 0 saturated heterocycles. The molecular formula is C24H29N3O3. The van der Waals surface area contributed by atoms with Crippen LogP contribution in [0.15, 0.2) is 47.3 Å². The molecule has 1 amide bonds. The van der Waals surface area contributed by atoms with Crippen LogP contribution in [0, 0.1) is 13.8 Å². The summed E-state index contributed by atoms with van der Waals surface area (Å²) in [6.07, 6.45) is 2.01. The summed E-state index contributed by atoms with van der Waals surface area (Å²) < 4.78 is 5.86. The third-order valence-corrected chi connectivity index (χ3v) is 5.12. The molecule has 30 heavy (non-hydrogen) atoms. The van der Waals surface area contributed by atoms with Gasteiger partial charge in [-0.2, -0.15) is 0 Å². The monoisotopic (exact) mass is 407 g/mol. The van der Waals surface area contributed by atoms with Gasteiger partial charge in [-0.15, -0.1) is 0 Å². The number of nitrogens with zero attached hydrogens (tertiary/aromatic N) is 2. The van der Waals surface area contributed by atoms with Gasteiger partial charge >= 0.3 is 0 Å². The highest BCUT2D eigenvalue weighted by atomic mass is 16.5. The zero-order valence-electron chi connectivity index (χ0n) is 17.9. The molecule has 0 unspecified atom stereocenters. The Morgan fingerprint density at radius 3 is 2.73 bits per heavy atom. The van der Waals surface area contributed by atoms with Crippen molar-refractivity contribution in [2.24, 2.45) is 0 Å². The summed E-state index contributed by atoms with van der Waals surface area (Å²) in [5.74, 6) is 1.47. The maximum absolute atomic E-state index is 12.6. The van der Waals surface area contributed by atoms with Crippen molar-refractivity contribution in [2.75, 3.05) is 13.2 Å². The van der Waals surface area contributed by atoms with Crippen LogP contribution in [0.4, 0.5) is 0 Å². The highest BCUT2D eigenvalue weighted by Gasteiger charge is 2.14. The Kier molecular flexibility index (Phi) is 7.22. The van der Waals surface area contributed by atoms with Crippen molar-refractivity contribution in [1.82, 2.24) is 14.9 Å². The second kappa shape index (κ2) is 10.1. The minimum Gasteiger partial charge on any atom is -0.493 e. The highest BCUT2D eigenvalue weighted by molar-refractivity contribution is 5.77. The smallest absolute Gasteiger partial charge is 0.258 e. The number of ether oxygens (including phenoxy) is 1. The second-order valence-electron chi connectivity index (χ2n) is 7.51. The molecule has 0 aliphatic rings. The fourth-order valence-corrected chi connectivity index (χ4v) is 3.35. The molecule has 0 spiro atoms.